The van der Waals surface area contributed by atoms with Gasteiger partial charge in [0.25, 0.3) is 0 Å². The summed E-state index contributed by atoms with van der Waals surface area (Å²) in [7, 11) is 0. The molecule has 0 amide bonds. The molecule has 0 bridgehead atoms. The summed E-state index contributed by atoms with van der Waals surface area (Å²) in [5.41, 5.74) is 2.79. The zero-order valence-corrected chi connectivity index (χ0v) is 15.2. The number of fused-ring (bicyclic) bond motifs is 1. The van der Waals surface area contributed by atoms with Gasteiger partial charge in [-0.15, -0.1) is 0 Å². The van der Waals surface area contributed by atoms with Crippen molar-refractivity contribution in [2.75, 3.05) is 13.2 Å². The van der Waals surface area contributed by atoms with Gasteiger partial charge in [0.2, 0.25) is 0 Å². The van der Waals surface area contributed by atoms with E-state index in [4.69, 9.17) is 4.74 Å². The van der Waals surface area contributed by atoms with Gasteiger partial charge in [0.05, 0.1) is 0 Å². The molecule has 0 spiro atoms. The van der Waals surface area contributed by atoms with Crippen molar-refractivity contribution in [2.45, 2.75) is 12.6 Å². The highest BCUT2D eigenvalue weighted by Crippen LogP contribution is 2.35. The molecule has 1 N–H and O–H groups in total. The number of aliphatic carboxylic acids is 1. The van der Waals surface area contributed by atoms with Crippen molar-refractivity contribution in [1.82, 2.24) is 4.90 Å². The average Bonchev–Trinajstić information content (AvgIpc) is 2.88. The van der Waals surface area contributed by atoms with Gasteiger partial charge in [0, 0.05) is 24.2 Å². The van der Waals surface area contributed by atoms with Gasteiger partial charge in [-0.3, -0.25) is 9.69 Å². The molecule has 0 saturated carbocycles. The van der Waals surface area contributed by atoms with Crippen molar-refractivity contribution in [1.29, 1.82) is 0 Å². The molecule has 1 aliphatic rings. The summed E-state index contributed by atoms with van der Waals surface area (Å²) in [5.74, 6) is -0.629. The lowest BCUT2D eigenvalue weighted by molar-refractivity contribution is -0.143. The van der Waals surface area contributed by atoms with Gasteiger partial charge >= 0.3 is 5.97 Å². The number of benzene rings is 3. The predicted octanol–water partition coefficient (Wildman–Crippen LogP) is 4.51. The Labute approximate surface area is 162 Å². The van der Waals surface area contributed by atoms with Crippen molar-refractivity contribution in [2.24, 2.45) is 0 Å². The molecule has 5 heteroatoms. The first kappa shape index (κ1) is 18.2. The number of rotatable bonds is 4. The topological polar surface area (TPSA) is 49.8 Å². The molecule has 28 heavy (non-hydrogen) atoms. The fourth-order valence-electron chi connectivity index (χ4n) is 3.72. The Morgan fingerprint density at radius 2 is 1.68 bits per heavy atom. The molecule has 0 fully saturated rings. The van der Waals surface area contributed by atoms with E-state index in [0.717, 1.165) is 11.1 Å². The molecule has 1 heterocycles. The van der Waals surface area contributed by atoms with Crippen LogP contribution in [-0.4, -0.2) is 29.1 Å². The number of carboxylic acids is 1. The smallest absolute Gasteiger partial charge is 0.325 e. The summed E-state index contributed by atoms with van der Waals surface area (Å²) in [4.78, 5) is 14.0. The maximum atomic E-state index is 14.4. The Morgan fingerprint density at radius 1 is 1.00 bits per heavy atom. The first-order valence-corrected chi connectivity index (χ1v) is 9.16. The van der Waals surface area contributed by atoms with Crippen molar-refractivity contribution in [3.05, 3.63) is 89.7 Å². The number of nitrogens with zero attached hydrogens (tertiary/aromatic N) is 1. The Bertz CT molecular complexity index is 1000. The van der Waals surface area contributed by atoms with E-state index in [0.29, 0.717) is 36.6 Å². The molecule has 4 rings (SSSR count). The highest BCUT2D eigenvalue weighted by Gasteiger charge is 2.32. The summed E-state index contributed by atoms with van der Waals surface area (Å²) in [6.07, 6.45) is 0. The minimum atomic E-state index is -0.929. The van der Waals surface area contributed by atoms with E-state index in [-0.39, 0.29) is 5.82 Å². The fourth-order valence-corrected chi connectivity index (χ4v) is 3.72. The summed E-state index contributed by atoms with van der Waals surface area (Å²) in [6.45, 7) is 1.22. The van der Waals surface area contributed by atoms with E-state index < -0.39 is 12.0 Å². The van der Waals surface area contributed by atoms with Crippen LogP contribution < -0.4 is 4.74 Å². The van der Waals surface area contributed by atoms with Gasteiger partial charge in [-0.1, -0.05) is 60.7 Å². The van der Waals surface area contributed by atoms with Crippen LogP contribution in [0.2, 0.25) is 0 Å². The van der Waals surface area contributed by atoms with Crippen LogP contribution in [0.25, 0.3) is 11.1 Å². The standard InChI is InChI=1S/C23H20FNO3/c24-20-11-5-3-9-18(20)17-8-2-1-7-16(17)15-25-13-14-28-21-12-6-4-10-19(21)22(25)23(26)27/h1-12,22H,13-15H2,(H,26,27). The predicted molar refractivity (Wildman–Crippen MR) is 105 cm³/mol. The molecule has 1 unspecified atom stereocenters. The lowest BCUT2D eigenvalue weighted by atomic mass is 9.97. The van der Waals surface area contributed by atoms with Gasteiger partial charge in [-0.25, -0.2) is 4.39 Å². The van der Waals surface area contributed by atoms with Crippen LogP contribution in [0, 0.1) is 5.82 Å². The Hall–Kier alpha value is -3.18. The second-order valence-electron chi connectivity index (χ2n) is 6.73. The van der Waals surface area contributed by atoms with E-state index in [2.05, 4.69) is 0 Å². The second kappa shape index (κ2) is 7.82. The van der Waals surface area contributed by atoms with Crippen LogP contribution in [0.3, 0.4) is 0 Å². The molecular formula is C23H20FNO3. The fraction of sp³-hybridized carbons (Fsp3) is 0.174. The number of carbonyl (C=O) groups is 1. The summed E-state index contributed by atoms with van der Waals surface area (Å²) in [5, 5.41) is 9.93. The summed E-state index contributed by atoms with van der Waals surface area (Å²) >= 11 is 0. The quantitative estimate of drug-likeness (QED) is 0.727. The Kier molecular flexibility index (Phi) is 5.08. The van der Waals surface area contributed by atoms with Crippen LogP contribution in [0.1, 0.15) is 17.2 Å². The van der Waals surface area contributed by atoms with E-state index >= 15 is 0 Å². The molecule has 0 aliphatic carbocycles. The minimum absolute atomic E-state index is 0.297. The van der Waals surface area contributed by atoms with Crippen molar-refractivity contribution >= 4 is 5.97 Å². The third kappa shape index (κ3) is 3.49. The third-order valence-electron chi connectivity index (χ3n) is 5.00. The van der Waals surface area contributed by atoms with Crippen LogP contribution in [0.5, 0.6) is 5.75 Å². The molecular weight excluding hydrogens is 357 g/mol. The summed E-state index contributed by atoms with van der Waals surface area (Å²) in [6, 6.07) is 20.6. The number of hydrogen-bond acceptors (Lipinski definition) is 3. The van der Waals surface area contributed by atoms with E-state index in [1.807, 2.05) is 41.3 Å². The third-order valence-corrected chi connectivity index (χ3v) is 5.00. The van der Waals surface area contributed by atoms with Crippen molar-refractivity contribution in [3.8, 4) is 16.9 Å². The molecule has 3 aromatic rings. The van der Waals surface area contributed by atoms with E-state index in [9.17, 15) is 14.3 Å². The largest absolute Gasteiger partial charge is 0.492 e. The number of carboxylic acid groups (broad SMARTS) is 1. The zero-order chi connectivity index (χ0) is 19.5. The first-order valence-electron chi connectivity index (χ1n) is 9.16. The van der Waals surface area contributed by atoms with Crippen molar-refractivity contribution in [3.63, 3.8) is 0 Å². The Balaban J connectivity index is 1.73. The normalized spacial score (nSPS) is 16.7. The van der Waals surface area contributed by atoms with Gasteiger partial charge in [0.15, 0.2) is 0 Å². The van der Waals surface area contributed by atoms with Crippen LogP contribution in [-0.2, 0) is 11.3 Å². The maximum Gasteiger partial charge on any atom is 0.325 e. The van der Waals surface area contributed by atoms with E-state index in [1.165, 1.54) is 6.07 Å². The molecule has 1 aliphatic heterocycles. The number of ether oxygens (including phenoxy) is 1. The van der Waals surface area contributed by atoms with E-state index in [1.54, 1.807) is 30.3 Å². The second-order valence-corrected chi connectivity index (χ2v) is 6.73. The monoisotopic (exact) mass is 377 g/mol. The van der Waals surface area contributed by atoms with Gasteiger partial charge in [0.1, 0.15) is 24.2 Å². The minimum Gasteiger partial charge on any atom is -0.492 e. The zero-order valence-electron chi connectivity index (χ0n) is 15.2. The highest BCUT2D eigenvalue weighted by atomic mass is 19.1. The Morgan fingerprint density at radius 3 is 2.46 bits per heavy atom. The lowest BCUT2D eigenvalue weighted by Gasteiger charge is -2.27. The van der Waals surface area contributed by atoms with Crippen molar-refractivity contribution < 1.29 is 19.0 Å². The lowest BCUT2D eigenvalue weighted by Crippen LogP contribution is -2.34. The number of para-hydroxylation sites is 1. The molecule has 0 saturated heterocycles. The molecule has 4 nitrogen and oxygen atoms in total. The summed E-state index contributed by atoms with van der Waals surface area (Å²) < 4.78 is 20.1. The van der Waals surface area contributed by atoms with Gasteiger partial charge in [-0.2, -0.15) is 0 Å². The number of halogens is 1. The molecule has 1 atom stereocenters. The molecule has 3 aromatic carbocycles. The van der Waals surface area contributed by atoms with Crippen LogP contribution >= 0.6 is 0 Å². The van der Waals surface area contributed by atoms with Crippen LogP contribution in [0.15, 0.2) is 72.8 Å². The SMILES string of the molecule is O=C(O)C1c2ccccc2OCCN1Cc1ccccc1-c1ccccc1F. The van der Waals surface area contributed by atoms with Gasteiger partial charge in [-0.05, 0) is 23.3 Å². The van der Waals surface area contributed by atoms with Crippen LogP contribution in [0.4, 0.5) is 4.39 Å². The maximum absolute atomic E-state index is 14.4. The molecule has 142 valence electrons. The highest BCUT2D eigenvalue weighted by molar-refractivity contribution is 5.77. The molecule has 0 aromatic heterocycles. The first-order chi connectivity index (χ1) is 13.6. The van der Waals surface area contributed by atoms with Gasteiger partial charge < -0.3 is 9.84 Å². The molecule has 0 radical (unpaired) electrons. The average molecular weight is 377 g/mol. The number of hydrogen-bond donors (Lipinski definition) is 1.